The molecule has 0 radical (unpaired) electrons. The Morgan fingerprint density at radius 1 is 1.18 bits per heavy atom. The van der Waals surface area contributed by atoms with Crippen LogP contribution in [0.3, 0.4) is 0 Å². The highest BCUT2D eigenvalue weighted by Crippen LogP contribution is 2.57. The van der Waals surface area contributed by atoms with Crippen LogP contribution >= 0.6 is 0 Å². The molecule has 5 nitrogen and oxygen atoms in total. The van der Waals surface area contributed by atoms with Gasteiger partial charge in [0.15, 0.2) is 0 Å². The maximum Gasteiger partial charge on any atom is 0.461 e. The third-order valence-corrected chi connectivity index (χ3v) is 7.04. The van der Waals surface area contributed by atoms with E-state index in [2.05, 4.69) is 27.7 Å². The minimum absolute atomic E-state index is 0.115. The van der Waals surface area contributed by atoms with E-state index in [4.69, 9.17) is 14.0 Å². The topological polar surface area (TPSA) is 48.0 Å². The van der Waals surface area contributed by atoms with Gasteiger partial charge in [-0.3, -0.25) is 0 Å². The molecule has 0 bridgehead atoms. The normalized spacial score (nSPS) is 30.9. The van der Waals surface area contributed by atoms with Crippen molar-refractivity contribution in [1.29, 1.82) is 0 Å². The Hall–Kier alpha value is -1.53. The Kier molecular flexibility index (Phi) is 5.21. The number of benzene rings is 1. The molecule has 6 heteroatoms. The quantitative estimate of drug-likeness (QED) is 0.716. The van der Waals surface area contributed by atoms with Crippen LogP contribution in [0.5, 0.6) is 0 Å². The number of carbonyl (C=O) groups excluding carboxylic acids is 1. The second kappa shape index (κ2) is 7.38. The Morgan fingerprint density at radius 2 is 1.86 bits per heavy atom. The van der Waals surface area contributed by atoms with Crippen LogP contribution in [0.15, 0.2) is 30.3 Å². The first-order valence-electron chi connectivity index (χ1n) is 10.6. The number of ether oxygens (including phenoxy) is 1. The lowest BCUT2D eigenvalue weighted by atomic mass is 9.77. The lowest BCUT2D eigenvalue weighted by Gasteiger charge is -2.32. The van der Waals surface area contributed by atoms with E-state index in [0.29, 0.717) is 24.3 Å². The maximum atomic E-state index is 12.5. The lowest BCUT2D eigenvalue weighted by Crippen LogP contribution is -2.41. The molecule has 0 N–H and O–H groups in total. The number of nitrogens with zero attached hydrogens (tertiary/aromatic N) is 1. The van der Waals surface area contributed by atoms with Crippen molar-refractivity contribution in [2.75, 3.05) is 13.1 Å². The molecule has 1 aromatic rings. The van der Waals surface area contributed by atoms with Gasteiger partial charge in [0.2, 0.25) is 0 Å². The predicted molar refractivity (Wildman–Crippen MR) is 109 cm³/mol. The first kappa shape index (κ1) is 19.8. The molecule has 0 spiro atoms. The highest BCUT2D eigenvalue weighted by molar-refractivity contribution is 6.48. The fourth-order valence-corrected chi connectivity index (χ4v) is 4.49. The van der Waals surface area contributed by atoms with Crippen molar-refractivity contribution < 1.29 is 18.8 Å². The average molecular weight is 385 g/mol. The first-order chi connectivity index (χ1) is 13.3. The summed E-state index contributed by atoms with van der Waals surface area (Å²) in [7, 11) is -0.115. The summed E-state index contributed by atoms with van der Waals surface area (Å²) in [5.41, 5.74) is 0.474. The number of piperidine rings is 1. The van der Waals surface area contributed by atoms with Gasteiger partial charge in [-0.2, -0.15) is 0 Å². The van der Waals surface area contributed by atoms with E-state index in [-0.39, 0.29) is 24.4 Å². The molecule has 152 valence electrons. The van der Waals surface area contributed by atoms with Crippen LogP contribution in [0.25, 0.3) is 0 Å². The smallest absolute Gasteiger partial charge is 0.445 e. The lowest BCUT2D eigenvalue weighted by molar-refractivity contribution is 0.00578. The predicted octanol–water partition coefficient (Wildman–Crippen LogP) is 4.52. The zero-order valence-electron chi connectivity index (χ0n) is 17.5. The summed E-state index contributed by atoms with van der Waals surface area (Å²) in [6.07, 6.45) is 3.15. The highest BCUT2D eigenvalue weighted by Gasteiger charge is 2.61. The van der Waals surface area contributed by atoms with Gasteiger partial charge in [-0.05, 0) is 70.2 Å². The second-order valence-electron chi connectivity index (χ2n) is 9.58. The van der Waals surface area contributed by atoms with Crippen LogP contribution in [-0.4, -0.2) is 42.4 Å². The number of hydrogen-bond donors (Lipinski definition) is 0. The molecular weight excluding hydrogens is 353 g/mol. The van der Waals surface area contributed by atoms with Crippen molar-refractivity contribution in [3.8, 4) is 0 Å². The average Bonchev–Trinajstić information content (AvgIpc) is 3.43. The summed E-state index contributed by atoms with van der Waals surface area (Å²) in [6, 6.07) is 9.84. The minimum Gasteiger partial charge on any atom is -0.445 e. The van der Waals surface area contributed by atoms with Crippen molar-refractivity contribution in [2.45, 2.75) is 70.6 Å². The van der Waals surface area contributed by atoms with E-state index >= 15 is 0 Å². The van der Waals surface area contributed by atoms with Gasteiger partial charge in [0.05, 0.1) is 11.2 Å². The molecule has 1 saturated carbocycles. The van der Waals surface area contributed by atoms with E-state index in [1.54, 1.807) is 0 Å². The summed E-state index contributed by atoms with van der Waals surface area (Å²) in [5.74, 6) is 1.55. The molecule has 3 aliphatic rings. The number of rotatable bonds is 4. The van der Waals surface area contributed by atoms with E-state index < -0.39 is 0 Å². The van der Waals surface area contributed by atoms with Crippen LogP contribution < -0.4 is 0 Å². The third kappa shape index (κ3) is 3.94. The molecule has 1 aliphatic carbocycles. The fourth-order valence-electron chi connectivity index (χ4n) is 4.49. The van der Waals surface area contributed by atoms with Crippen LogP contribution in [0.1, 0.15) is 52.5 Å². The number of hydrogen-bond acceptors (Lipinski definition) is 4. The largest absolute Gasteiger partial charge is 0.461 e. The van der Waals surface area contributed by atoms with Crippen molar-refractivity contribution in [3.05, 3.63) is 35.9 Å². The first-order valence-corrected chi connectivity index (χ1v) is 10.6. The molecule has 0 aromatic heterocycles. The van der Waals surface area contributed by atoms with Gasteiger partial charge in [-0.25, -0.2) is 4.79 Å². The van der Waals surface area contributed by atoms with Crippen molar-refractivity contribution >= 4 is 13.2 Å². The van der Waals surface area contributed by atoms with Crippen molar-refractivity contribution in [2.24, 2.45) is 11.8 Å². The Balaban J connectivity index is 1.28. The molecule has 3 fully saturated rings. The molecule has 28 heavy (non-hydrogen) atoms. The summed E-state index contributed by atoms with van der Waals surface area (Å²) in [4.78, 5) is 14.4. The standard InChI is InChI=1S/C22H32BNO4/c1-21(2)22(3,4)28-23(27-21)19-13-18(19)17-11-8-12-24(14-17)20(25)26-15-16-9-6-5-7-10-16/h5-7,9-10,17-19H,8,11-15H2,1-4H3. The minimum atomic E-state index is -0.273. The van der Waals surface area contributed by atoms with Crippen molar-refractivity contribution in [3.63, 3.8) is 0 Å². The zero-order valence-corrected chi connectivity index (χ0v) is 17.5. The number of carbonyl (C=O) groups is 1. The van der Waals surface area contributed by atoms with E-state index in [1.807, 2.05) is 35.2 Å². The molecule has 4 rings (SSSR count). The number of amides is 1. The summed E-state index contributed by atoms with van der Waals surface area (Å²) < 4.78 is 18.0. The van der Waals surface area contributed by atoms with Crippen LogP contribution in [0.2, 0.25) is 5.82 Å². The summed E-state index contributed by atoms with van der Waals surface area (Å²) in [6.45, 7) is 10.3. The van der Waals surface area contributed by atoms with E-state index in [9.17, 15) is 4.79 Å². The van der Waals surface area contributed by atoms with Gasteiger partial charge in [-0.1, -0.05) is 30.3 Å². The third-order valence-electron chi connectivity index (χ3n) is 7.04. The van der Waals surface area contributed by atoms with Crippen molar-refractivity contribution in [1.82, 2.24) is 4.90 Å². The second-order valence-corrected chi connectivity index (χ2v) is 9.58. The Bertz CT molecular complexity index is 692. The summed E-state index contributed by atoms with van der Waals surface area (Å²) >= 11 is 0. The molecule has 3 unspecified atom stereocenters. The van der Waals surface area contributed by atoms with Gasteiger partial charge in [0, 0.05) is 13.1 Å². The van der Waals surface area contributed by atoms with Gasteiger partial charge in [-0.15, -0.1) is 0 Å². The molecule has 2 heterocycles. The molecule has 2 saturated heterocycles. The van der Waals surface area contributed by atoms with E-state index in [0.717, 1.165) is 31.5 Å². The Labute approximate surface area is 168 Å². The zero-order chi connectivity index (χ0) is 19.9. The monoisotopic (exact) mass is 385 g/mol. The SMILES string of the molecule is CC1(C)OB(C2CC2C2CCCN(C(=O)OCc3ccccc3)C2)OC1(C)C. The highest BCUT2D eigenvalue weighted by atomic mass is 16.7. The number of likely N-dealkylation sites (tertiary alicyclic amines) is 1. The maximum absolute atomic E-state index is 12.5. The van der Waals surface area contributed by atoms with Crippen LogP contribution in [0.4, 0.5) is 4.79 Å². The molecule has 3 atom stereocenters. The van der Waals surface area contributed by atoms with Crippen LogP contribution in [0, 0.1) is 11.8 Å². The molecule has 1 amide bonds. The van der Waals surface area contributed by atoms with Gasteiger partial charge < -0.3 is 18.9 Å². The fraction of sp³-hybridized carbons (Fsp3) is 0.682. The molecule has 2 aliphatic heterocycles. The van der Waals surface area contributed by atoms with Gasteiger partial charge in [0.1, 0.15) is 6.61 Å². The van der Waals surface area contributed by atoms with Crippen LogP contribution in [-0.2, 0) is 20.7 Å². The molecule has 1 aromatic carbocycles. The van der Waals surface area contributed by atoms with Gasteiger partial charge >= 0.3 is 13.2 Å². The van der Waals surface area contributed by atoms with E-state index in [1.165, 1.54) is 6.42 Å². The molecular formula is C22H32BNO4. The summed E-state index contributed by atoms with van der Waals surface area (Å²) in [5, 5.41) is 0. The van der Waals surface area contributed by atoms with Gasteiger partial charge in [0.25, 0.3) is 0 Å². The Morgan fingerprint density at radius 3 is 2.54 bits per heavy atom.